The predicted octanol–water partition coefficient (Wildman–Crippen LogP) is 3.22. The van der Waals surface area contributed by atoms with E-state index in [0.29, 0.717) is 17.5 Å². The molecule has 0 N–H and O–H groups in total. The third kappa shape index (κ3) is 3.88. The number of halogens is 1. The van der Waals surface area contributed by atoms with Crippen molar-refractivity contribution in [3.8, 4) is 0 Å². The van der Waals surface area contributed by atoms with Crippen LogP contribution in [0.5, 0.6) is 0 Å². The molecule has 2 aromatic heterocycles. The van der Waals surface area contributed by atoms with E-state index in [2.05, 4.69) is 31.2 Å². The Morgan fingerprint density at radius 1 is 1.55 bits per heavy atom. The Kier molecular flexibility index (Phi) is 5.27. The van der Waals surface area contributed by atoms with E-state index < -0.39 is 11.7 Å². The molecule has 2 rings (SSSR count). The Hall–Kier alpha value is -1.36. The largest absolute Gasteiger partial charge is 0.443 e. The lowest BCUT2D eigenvalue weighted by atomic mass is 10.2. The molecule has 0 fully saturated rings. The van der Waals surface area contributed by atoms with Crippen molar-refractivity contribution >= 4 is 59.7 Å². The van der Waals surface area contributed by atoms with Crippen molar-refractivity contribution < 1.29 is 14.3 Å². The Bertz CT molecular complexity index is 698. The summed E-state index contributed by atoms with van der Waals surface area (Å²) in [5, 5.41) is 0. The van der Waals surface area contributed by atoms with Gasteiger partial charge < -0.3 is 9.53 Å². The van der Waals surface area contributed by atoms with Gasteiger partial charge in [0.2, 0.25) is 0 Å². The molecule has 0 atom stereocenters. The maximum Gasteiger partial charge on any atom is 0.416 e. The maximum atomic E-state index is 12.2. The molecule has 0 spiro atoms. The Labute approximate surface area is 144 Å². The number of aromatic nitrogens is 3. The number of ether oxygens (including phenoxy) is 1. The van der Waals surface area contributed by atoms with E-state index in [9.17, 15) is 9.59 Å². The molecule has 9 heteroatoms. The quantitative estimate of drug-likeness (QED) is 0.544. The van der Waals surface area contributed by atoms with Crippen LogP contribution in [0, 0.1) is 0 Å². The van der Waals surface area contributed by atoms with Crippen LogP contribution in [0.1, 0.15) is 20.8 Å². The van der Waals surface area contributed by atoms with Gasteiger partial charge in [-0.1, -0.05) is 0 Å². The summed E-state index contributed by atoms with van der Waals surface area (Å²) in [4.78, 5) is 32.9. The van der Waals surface area contributed by atoms with Crippen LogP contribution in [0.4, 0.5) is 10.6 Å². The second-order valence-electron chi connectivity index (χ2n) is 5.41. The fourth-order valence-electron chi connectivity index (χ4n) is 1.72. The summed E-state index contributed by atoms with van der Waals surface area (Å²) >= 11 is 2.14. The first-order valence-electron chi connectivity index (χ1n) is 6.43. The third-order valence-electron chi connectivity index (χ3n) is 2.56. The molecular formula is C13H15IN4O3S. The number of nitrogens with zero attached hydrogens (tertiary/aromatic N) is 4. The van der Waals surface area contributed by atoms with Gasteiger partial charge in [-0.15, -0.1) is 0 Å². The van der Waals surface area contributed by atoms with E-state index in [1.54, 1.807) is 26.8 Å². The van der Waals surface area contributed by atoms with Gasteiger partial charge in [-0.05, 0) is 26.8 Å². The lowest BCUT2D eigenvalue weighted by Crippen LogP contribution is -2.38. The highest BCUT2D eigenvalue weighted by atomic mass is 127. The summed E-state index contributed by atoms with van der Waals surface area (Å²) in [6.07, 6.45) is 3.29. The summed E-state index contributed by atoms with van der Waals surface area (Å²) in [5.41, 5.74) is 0.677. The molecule has 0 aliphatic rings. The first kappa shape index (κ1) is 17.0. The molecule has 0 saturated carbocycles. The summed E-state index contributed by atoms with van der Waals surface area (Å²) in [5.74, 6) is 0.282. The van der Waals surface area contributed by atoms with Gasteiger partial charge in [0.05, 0.1) is 12.7 Å². The molecule has 0 aromatic carbocycles. The second kappa shape index (κ2) is 6.82. The molecule has 0 aliphatic heterocycles. The maximum absolute atomic E-state index is 12.2. The van der Waals surface area contributed by atoms with E-state index in [1.807, 2.05) is 10.2 Å². The summed E-state index contributed by atoms with van der Waals surface area (Å²) < 4.78 is 7.15. The smallest absolute Gasteiger partial charge is 0.416 e. The Morgan fingerprint density at radius 2 is 2.27 bits per heavy atom. The molecule has 0 aliphatic carbocycles. The first-order valence-corrected chi connectivity index (χ1v) is 9.74. The molecular weight excluding hydrogens is 419 g/mol. The third-order valence-corrected chi connectivity index (χ3v) is 4.28. The standard InChI is InChI=1S/C13H15IN4O3S/c1-13(2,3)21-12(20)17(6-7-19)10-8-15-11-9(16-10)4-5-18(11)22-14/h4-5,7-8H,6H2,1-3H3. The van der Waals surface area contributed by atoms with E-state index in [-0.39, 0.29) is 12.4 Å². The summed E-state index contributed by atoms with van der Waals surface area (Å²) in [6, 6.07) is 1.80. The van der Waals surface area contributed by atoms with Crippen LogP contribution in [0.3, 0.4) is 0 Å². The van der Waals surface area contributed by atoms with Crippen molar-refractivity contribution in [3.05, 3.63) is 18.5 Å². The lowest BCUT2D eigenvalue weighted by Gasteiger charge is -2.25. The molecule has 0 unspecified atom stereocenters. The fourth-order valence-corrected chi connectivity index (χ4v) is 2.98. The number of anilines is 1. The Balaban J connectivity index is 2.35. The van der Waals surface area contributed by atoms with E-state index >= 15 is 0 Å². The number of hydrogen-bond acceptors (Lipinski definition) is 6. The van der Waals surface area contributed by atoms with Crippen molar-refractivity contribution in [1.29, 1.82) is 0 Å². The minimum Gasteiger partial charge on any atom is -0.443 e. The minimum absolute atomic E-state index is 0.142. The molecule has 2 heterocycles. The average molecular weight is 434 g/mol. The SMILES string of the molecule is CC(C)(C)OC(=O)N(CC=O)c1cnc2c(ccn2SI)n1. The van der Waals surface area contributed by atoms with Gasteiger partial charge in [0, 0.05) is 36.5 Å². The predicted molar refractivity (Wildman–Crippen MR) is 94.2 cm³/mol. The number of aldehydes is 1. The number of carbonyl (C=O) groups excluding carboxylic acids is 2. The van der Waals surface area contributed by atoms with Crippen LogP contribution < -0.4 is 4.90 Å². The van der Waals surface area contributed by atoms with Crippen molar-refractivity contribution in [2.45, 2.75) is 26.4 Å². The van der Waals surface area contributed by atoms with E-state index in [4.69, 9.17) is 4.74 Å². The van der Waals surface area contributed by atoms with Crippen LogP contribution in [0.25, 0.3) is 11.2 Å². The summed E-state index contributed by atoms with van der Waals surface area (Å²) in [6.45, 7) is 5.14. The van der Waals surface area contributed by atoms with E-state index in [1.165, 1.54) is 20.2 Å². The van der Waals surface area contributed by atoms with Crippen LogP contribution in [-0.2, 0) is 9.53 Å². The van der Waals surface area contributed by atoms with Crippen molar-refractivity contribution in [1.82, 2.24) is 13.9 Å². The average Bonchev–Trinajstić information content (AvgIpc) is 2.84. The van der Waals surface area contributed by atoms with Crippen LogP contribution in [0.2, 0.25) is 0 Å². The van der Waals surface area contributed by atoms with Crippen LogP contribution in [-0.4, -0.2) is 38.5 Å². The molecule has 7 nitrogen and oxygen atoms in total. The second-order valence-corrected chi connectivity index (χ2v) is 7.12. The number of fused-ring (bicyclic) bond motifs is 1. The molecule has 0 saturated heterocycles. The zero-order chi connectivity index (χ0) is 16.3. The van der Waals surface area contributed by atoms with Crippen molar-refractivity contribution in [3.63, 3.8) is 0 Å². The van der Waals surface area contributed by atoms with Crippen LogP contribution in [0.15, 0.2) is 18.5 Å². The normalized spacial score (nSPS) is 11.5. The van der Waals surface area contributed by atoms with Gasteiger partial charge in [-0.2, -0.15) is 0 Å². The van der Waals surface area contributed by atoms with Gasteiger partial charge in [-0.25, -0.2) is 14.8 Å². The number of hydrogen-bond donors (Lipinski definition) is 0. The highest BCUT2D eigenvalue weighted by Crippen LogP contribution is 2.24. The zero-order valence-corrected chi connectivity index (χ0v) is 15.3. The number of rotatable bonds is 4. The first-order chi connectivity index (χ1) is 10.4. The lowest BCUT2D eigenvalue weighted by molar-refractivity contribution is -0.106. The molecule has 0 bridgehead atoms. The molecule has 118 valence electrons. The molecule has 0 radical (unpaired) electrons. The molecule has 2 aromatic rings. The van der Waals surface area contributed by atoms with Gasteiger partial charge >= 0.3 is 6.09 Å². The van der Waals surface area contributed by atoms with Gasteiger partial charge in [0.1, 0.15) is 17.4 Å². The van der Waals surface area contributed by atoms with Gasteiger partial charge in [-0.3, -0.25) is 8.87 Å². The van der Waals surface area contributed by atoms with Gasteiger partial charge in [0.25, 0.3) is 0 Å². The topological polar surface area (TPSA) is 77.3 Å². The summed E-state index contributed by atoms with van der Waals surface area (Å²) in [7, 11) is 1.47. The van der Waals surface area contributed by atoms with Crippen LogP contribution >= 0.6 is 30.3 Å². The van der Waals surface area contributed by atoms with Gasteiger partial charge in [0.15, 0.2) is 11.5 Å². The zero-order valence-electron chi connectivity index (χ0n) is 12.3. The molecule has 22 heavy (non-hydrogen) atoms. The minimum atomic E-state index is -0.656. The number of amides is 1. The molecule has 1 amide bonds. The van der Waals surface area contributed by atoms with E-state index in [0.717, 1.165) is 0 Å². The highest BCUT2D eigenvalue weighted by Gasteiger charge is 2.24. The fraction of sp³-hybridized carbons (Fsp3) is 0.385. The van der Waals surface area contributed by atoms with Crippen molar-refractivity contribution in [2.24, 2.45) is 0 Å². The Morgan fingerprint density at radius 3 is 2.86 bits per heavy atom. The highest BCUT2D eigenvalue weighted by molar-refractivity contribution is 14.2. The number of carbonyl (C=O) groups is 2. The van der Waals surface area contributed by atoms with Crippen molar-refractivity contribution in [2.75, 3.05) is 11.4 Å². The monoisotopic (exact) mass is 434 g/mol.